The van der Waals surface area contributed by atoms with Gasteiger partial charge in [-0.3, -0.25) is 4.79 Å². The number of nitrogens with zero attached hydrogens (tertiary/aromatic N) is 1. The topological polar surface area (TPSA) is 88.1 Å². The van der Waals surface area contributed by atoms with Crippen molar-refractivity contribution in [3.05, 3.63) is 0 Å². The van der Waals surface area contributed by atoms with Gasteiger partial charge in [-0.05, 0) is 31.6 Å². The lowest BCUT2D eigenvalue weighted by atomic mass is 9.81. The molecule has 2 saturated heterocycles. The van der Waals surface area contributed by atoms with Crippen molar-refractivity contribution in [2.24, 2.45) is 17.3 Å². The van der Waals surface area contributed by atoms with E-state index in [0.717, 1.165) is 19.3 Å². The van der Waals surface area contributed by atoms with Gasteiger partial charge in [0.2, 0.25) is 0 Å². The van der Waals surface area contributed by atoms with Gasteiger partial charge in [-0.2, -0.15) is 0 Å². The molecule has 2 amide bonds. The first kappa shape index (κ1) is 17.5. The van der Waals surface area contributed by atoms with Crippen LogP contribution in [0.15, 0.2) is 0 Å². The number of hydrogen-bond donors (Lipinski definition) is 2. The standard InChI is InChI=1S/C17H28N2O5/c1-12(8-16(2)23-6-7-24-16)9-18-15(22)19-10-13-4-3-5-17(13,11-19)14(20)21/h12-13H,3-11H2,1-2H3,(H,18,22)(H,20,21)/t12?,13-,17+/m0/s1. The first-order valence-electron chi connectivity index (χ1n) is 8.89. The SMILES string of the molecule is CC(CNC(=O)N1C[C@@H]2CCC[C@@]2(C(=O)O)C1)CC1(C)OCCO1. The number of amides is 2. The molecule has 0 aromatic rings. The Kier molecular flexibility index (Phi) is 4.75. The van der Waals surface area contributed by atoms with Crippen LogP contribution in [-0.4, -0.2) is 60.6 Å². The van der Waals surface area contributed by atoms with E-state index in [1.807, 2.05) is 13.8 Å². The summed E-state index contributed by atoms with van der Waals surface area (Å²) in [6.07, 6.45) is 3.25. The fraction of sp³-hybridized carbons (Fsp3) is 0.882. The van der Waals surface area contributed by atoms with Gasteiger partial charge in [0, 0.05) is 26.1 Å². The van der Waals surface area contributed by atoms with Crippen molar-refractivity contribution in [1.82, 2.24) is 10.2 Å². The number of nitrogens with one attached hydrogen (secondary N) is 1. The van der Waals surface area contributed by atoms with Crippen molar-refractivity contribution in [2.45, 2.75) is 45.3 Å². The molecule has 0 radical (unpaired) electrons. The van der Waals surface area contributed by atoms with Crippen molar-refractivity contribution >= 4 is 12.0 Å². The Balaban J connectivity index is 1.48. The van der Waals surface area contributed by atoms with Crippen LogP contribution in [0.1, 0.15) is 39.5 Å². The van der Waals surface area contributed by atoms with Crippen LogP contribution < -0.4 is 5.32 Å². The number of carbonyl (C=O) groups excluding carboxylic acids is 1. The number of aliphatic carboxylic acids is 1. The van der Waals surface area contributed by atoms with Crippen LogP contribution >= 0.6 is 0 Å². The highest BCUT2D eigenvalue weighted by molar-refractivity contribution is 5.80. The van der Waals surface area contributed by atoms with Gasteiger partial charge in [0.25, 0.3) is 0 Å². The number of fused-ring (bicyclic) bond motifs is 1. The van der Waals surface area contributed by atoms with E-state index in [2.05, 4.69) is 5.32 Å². The quantitative estimate of drug-likeness (QED) is 0.795. The Labute approximate surface area is 142 Å². The lowest BCUT2D eigenvalue weighted by Crippen LogP contribution is -2.43. The summed E-state index contributed by atoms with van der Waals surface area (Å²) >= 11 is 0. The van der Waals surface area contributed by atoms with Crippen LogP contribution in [0.4, 0.5) is 4.79 Å². The highest BCUT2D eigenvalue weighted by Gasteiger charge is 2.55. The molecule has 1 aliphatic carbocycles. The molecule has 0 bridgehead atoms. The minimum atomic E-state index is -0.753. The number of likely N-dealkylation sites (tertiary alicyclic amines) is 1. The maximum absolute atomic E-state index is 12.4. The van der Waals surface area contributed by atoms with Gasteiger partial charge in [0.1, 0.15) is 0 Å². The molecule has 3 atom stereocenters. The number of carboxylic acids is 1. The Morgan fingerprint density at radius 2 is 2.08 bits per heavy atom. The molecular weight excluding hydrogens is 312 g/mol. The third-order valence-corrected chi connectivity index (χ3v) is 5.80. The van der Waals surface area contributed by atoms with Gasteiger partial charge in [0.15, 0.2) is 5.79 Å². The summed E-state index contributed by atoms with van der Waals surface area (Å²) < 4.78 is 11.2. The molecule has 24 heavy (non-hydrogen) atoms. The van der Waals surface area contributed by atoms with E-state index in [4.69, 9.17) is 9.47 Å². The molecule has 3 aliphatic rings. The maximum Gasteiger partial charge on any atom is 0.317 e. The van der Waals surface area contributed by atoms with Gasteiger partial charge in [-0.1, -0.05) is 13.3 Å². The predicted octanol–water partition coefficient (Wildman–Crippen LogP) is 1.67. The molecule has 0 spiro atoms. The first-order chi connectivity index (χ1) is 11.3. The van der Waals surface area contributed by atoms with Crippen LogP contribution in [0, 0.1) is 17.3 Å². The number of hydrogen-bond acceptors (Lipinski definition) is 4. The van der Waals surface area contributed by atoms with Crippen molar-refractivity contribution in [3.8, 4) is 0 Å². The monoisotopic (exact) mass is 340 g/mol. The summed E-state index contributed by atoms with van der Waals surface area (Å²) in [5, 5.41) is 12.5. The predicted molar refractivity (Wildman–Crippen MR) is 86.5 cm³/mol. The highest BCUT2D eigenvalue weighted by Crippen LogP contribution is 2.48. The Hall–Kier alpha value is -1.34. The summed E-state index contributed by atoms with van der Waals surface area (Å²) in [7, 11) is 0. The molecule has 7 heteroatoms. The summed E-state index contributed by atoms with van der Waals surface area (Å²) in [5.41, 5.74) is -0.720. The van der Waals surface area contributed by atoms with Crippen molar-refractivity contribution < 1.29 is 24.2 Å². The van der Waals surface area contributed by atoms with Crippen molar-refractivity contribution in [2.75, 3.05) is 32.8 Å². The molecule has 2 N–H and O–H groups in total. The summed E-state index contributed by atoms with van der Waals surface area (Å²) in [4.78, 5) is 25.8. The molecule has 2 aliphatic heterocycles. The zero-order chi connectivity index (χ0) is 17.4. The van der Waals surface area contributed by atoms with Gasteiger partial charge in [0.05, 0.1) is 18.6 Å². The molecule has 3 fully saturated rings. The van der Waals surface area contributed by atoms with Gasteiger partial charge >= 0.3 is 12.0 Å². The van der Waals surface area contributed by atoms with Crippen LogP contribution in [0.25, 0.3) is 0 Å². The number of urea groups is 1. The molecule has 3 rings (SSSR count). The molecule has 7 nitrogen and oxygen atoms in total. The Morgan fingerprint density at radius 3 is 2.71 bits per heavy atom. The maximum atomic E-state index is 12.4. The van der Waals surface area contributed by atoms with E-state index in [0.29, 0.717) is 39.3 Å². The molecule has 1 saturated carbocycles. The Bertz CT molecular complexity index is 505. The lowest BCUT2D eigenvalue weighted by molar-refractivity contribution is -0.153. The summed E-state index contributed by atoms with van der Waals surface area (Å²) in [6.45, 7) is 6.62. The Morgan fingerprint density at radius 1 is 1.38 bits per heavy atom. The van der Waals surface area contributed by atoms with Crippen molar-refractivity contribution in [1.29, 1.82) is 0 Å². The van der Waals surface area contributed by atoms with E-state index in [1.165, 1.54) is 0 Å². The average molecular weight is 340 g/mol. The third kappa shape index (κ3) is 3.24. The van der Waals surface area contributed by atoms with Crippen LogP contribution in [0.5, 0.6) is 0 Å². The molecule has 0 aromatic carbocycles. The molecule has 1 unspecified atom stereocenters. The van der Waals surface area contributed by atoms with E-state index >= 15 is 0 Å². The zero-order valence-corrected chi connectivity index (χ0v) is 14.5. The van der Waals surface area contributed by atoms with Gasteiger partial charge in [-0.25, -0.2) is 4.79 Å². The second-order valence-corrected chi connectivity index (χ2v) is 7.76. The average Bonchev–Trinajstić information content (AvgIpc) is 3.18. The number of carbonyl (C=O) groups is 2. The van der Waals surface area contributed by atoms with E-state index in [1.54, 1.807) is 4.90 Å². The number of rotatable bonds is 5. The molecule has 2 heterocycles. The van der Waals surface area contributed by atoms with Crippen molar-refractivity contribution in [3.63, 3.8) is 0 Å². The van der Waals surface area contributed by atoms with Crippen LogP contribution in [0.3, 0.4) is 0 Å². The highest BCUT2D eigenvalue weighted by atomic mass is 16.7. The smallest absolute Gasteiger partial charge is 0.317 e. The molecular formula is C17H28N2O5. The second kappa shape index (κ2) is 6.52. The van der Waals surface area contributed by atoms with E-state index < -0.39 is 17.2 Å². The van der Waals surface area contributed by atoms with Gasteiger partial charge in [-0.15, -0.1) is 0 Å². The number of ether oxygens (including phenoxy) is 2. The minimum absolute atomic E-state index is 0.0948. The zero-order valence-electron chi connectivity index (χ0n) is 14.5. The summed E-state index contributed by atoms with van der Waals surface area (Å²) in [6, 6.07) is -0.157. The minimum Gasteiger partial charge on any atom is -0.481 e. The molecule has 0 aromatic heterocycles. The van der Waals surface area contributed by atoms with Gasteiger partial charge < -0.3 is 24.8 Å². The third-order valence-electron chi connectivity index (χ3n) is 5.80. The largest absolute Gasteiger partial charge is 0.481 e. The fourth-order valence-electron chi connectivity index (χ4n) is 4.55. The second-order valence-electron chi connectivity index (χ2n) is 7.76. The summed E-state index contributed by atoms with van der Waals surface area (Å²) in [5.74, 6) is -0.996. The molecule has 136 valence electrons. The first-order valence-corrected chi connectivity index (χ1v) is 8.89. The normalized spacial score (nSPS) is 32.6. The lowest BCUT2D eigenvalue weighted by Gasteiger charge is -2.27. The number of carboxylic acid groups (broad SMARTS) is 1. The van der Waals surface area contributed by atoms with E-state index in [9.17, 15) is 14.7 Å². The fourth-order valence-corrected chi connectivity index (χ4v) is 4.55. The van der Waals surface area contributed by atoms with E-state index in [-0.39, 0.29) is 17.9 Å². The van der Waals surface area contributed by atoms with Crippen LogP contribution in [-0.2, 0) is 14.3 Å². The van der Waals surface area contributed by atoms with Crippen LogP contribution in [0.2, 0.25) is 0 Å².